The monoisotopic (exact) mass is 310 g/mol. The fourth-order valence-electron chi connectivity index (χ4n) is 1.62. The lowest BCUT2D eigenvalue weighted by atomic mass is 10.2. The predicted molar refractivity (Wildman–Crippen MR) is 77.3 cm³/mol. The third-order valence-electron chi connectivity index (χ3n) is 2.57. The molecule has 1 N–H and O–H groups in total. The quantitative estimate of drug-likeness (QED) is 0.913. The summed E-state index contributed by atoms with van der Waals surface area (Å²) >= 11 is 5.14. The van der Waals surface area contributed by atoms with E-state index in [1.807, 2.05) is 12.1 Å². The van der Waals surface area contributed by atoms with E-state index in [2.05, 4.69) is 57.6 Å². The van der Waals surface area contributed by atoms with E-state index in [0.717, 1.165) is 21.7 Å². The van der Waals surface area contributed by atoms with E-state index in [-0.39, 0.29) is 0 Å². The molecule has 90 valence electrons. The molecule has 2 aromatic rings. The van der Waals surface area contributed by atoms with Crippen molar-refractivity contribution in [2.75, 3.05) is 6.54 Å². The van der Waals surface area contributed by atoms with Gasteiger partial charge in [-0.15, -0.1) is 11.3 Å². The fourth-order valence-corrected chi connectivity index (χ4v) is 2.80. The van der Waals surface area contributed by atoms with E-state index < -0.39 is 0 Å². The summed E-state index contributed by atoms with van der Waals surface area (Å²) in [4.78, 5) is 4.67. The number of benzene rings is 1. The predicted octanol–water partition coefficient (Wildman–Crippen LogP) is 4.24. The van der Waals surface area contributed by atoms with E-state index in [4.69, 9.17) is 0 Å². The first-order valence-corrected chi connectivity index (χ1v) is 7.32. The highest BCUT2D eigenvalue weighted by Gasteiger charge is 2.09. The molecule has 0 fully saturated rings. The zero-order valence-corrected chi connectivity index (χ0v) is 12.3. The van der Waals surface area contributed by atoms with Crippen LogP contribution in [0, 0.1) is 0 Å². The average molecular weight is 311 g/mol. The van der Waals surface area contributed by atoms with Gasteiger partial charge in [0.15, 0.2) is 0 Å². The fraction of sp³-hybridized carbons (Fsp3) is 0.308. The number of rotatable bonds is 4. The molecule has 1 heterocycles. The maximum atomic E-state index is 4.67. The summed E-state index contributed by atoms with van der Waals surface area (Å²) in [5.41, 5.74) is 2.29. The molecule has 0 saturated heterocycles. The van der Waals surface area contributed by atoms with Gasteiger partial charge in [0.1, 0.15) is 5.01 Å². The highest BCUT2D eigenvalue weighted by atomic mass is 79.9. The van der Waals surface area contributed by atoms with Gasteiger partial charge in [0.2, 0.25) is 0 Å². The van der Waals surface area contributed by atoms with Gasteiger partial charge in [-0.3, -0.25) is 0 Å². The van der Waals surface area contributed by atoms with Crippen molar-refractivity contribution in [1.82, 2.24) is 10.3 Å². The summed E-state index contributed by atoms with van der Waals surface area (Å²) in [6.07, 6.45) is 0. The van der Waals surface area contributed by atoms with E-state index in [1.54, 1.807) is 11.3 Å². The number of hydrogen-bond acceptors (Lipinski definition) is 3. The minimum atomic E-state index is 0.320. The number of aromatic nitrogens is 1. The second-order valence-corrected chi connectivity index (χ2v) is 5.64. The minimum absolute atomic E-state index is 0.320. The Morgan fingerprint density at radius 2 is 2.06 bits per heavy atom. The van der Waals surface area contributed by atoms with Crippen LogP contribution in [0.4, 0.5) is 0 Å². The smallest absolute Gasteiger partial charge is 0.123 e. The van der Waals surface area contributed by atoms with E-state index in [9.17, 15) is 0 Å². The van der Waals surface area contributed by atoms with Crippen LogP contribution in [0.15, 0.2) is 34.1 Å². The topological polar surface area (TPSA) is 24.9 Å². The van der Waals surface area contributed by atoms with Crippen molar-refractivity contribution in [3.05, 3.63) is 39.8 Å². The van der Waals surface area contributed by atoms with Gasteiger partial charge in [-0.1, -0.05) is 35.0 Å². The molecule has 0 spiro atoms. The lowest BCUT2D eigenvalue weighted by molar-refractivity contribution is 0.587. The molecule has 1 aromatic carbocycles. The summed E-state index contributed by atoms with van der Waals surface area (Å²) in [5, 5.41) is 6.58. The lowest BCUT2D eigenvalue weighted by Gasteiger charge is -2.08. The molecule has 0 saturated carbocycles. The zero-order chi connectivity index (χ0) is 12.3. The highest BCUT2D eigenvalue weighted by molar-refractivity contribution is 9.10. The van der Waals surface area contributed by atoms with Crippen LogP contribution in [0.2, 0.25) is 0 Å². The van der Waals surface area contributed by atoms with Gasteiger partial charge in [0.05, 0.1) is 5.69 Å². The molecule has 0 aliphatic rings. The van der Waals surface area contributed by atoms with Crippen molar-refractivity contribution in [3.63, 3.8) is 0 Å². The van der Waals surface area contributed by atoms with Crippen LogP contribution in [-0.4, -0.2) is 11.5 Å². The third-order valence-corrected chi connectivity index (χ3v) is 4.01. The second kappa shape index (κ2) is 5.76. The van der Waals surface area contributed by atoms with Gasteiger partial charge in [-0.25, -0.2) is 4.98 Å². The molecule has 4 heteroatoms. The molecule has 0 aliphatic carbocycles. The van der Waals surface area contributed by atoms with E-state index in [0.29, 0.717) is 6.04 Å². The molecule has 1 atom stereocenters. The highest BCUT2D eigenvalue weighted by Crippen LogP contribution is 2.27. The molecular weight excluding hydrogens is 296 g/mol. The van der Waals surface area contributed by atoms with Crippen molar-refractivity contribution in [3.8, 4) is 10.6 Å². The van der Waals surface area contributed by atoms with Gasteiger partial charge in [0.25, 0.3) is 0 Å². The van der Waals surface area contributed by atoms with Crippen LogP contribution >= 0.6 is 27.3 Å². The van der Waals surface area contributed by atoms with Crippen LogP contribution in [0.5, 0.6) is 0 Å². The first-order valence-electron chi connectivity index (χ1n) is 5.65. The Labute approximate surface area is 114 Å². The molecule has 1 unspecified atom stereocenters. The largest absolute Gasteiger partial charge is 0.309 e. The normalized spacial score (nSPS) is 12.6. The second-order valence-electron chi connectivity index (χ2n) is 3.86. The summed E-state index contributed by atoms with van der Waals surface area (Å²) in [6, 6.07) is 8.59. The summed E-state index contributed by atoms with van der Waals surface area (Å²) < 4.78 is 1.10. The number of nitrogens with one attached hydrogen (secondary N) is 1. The van der Waals surface area contributed by atoms with E-state index in [1.165, 1.54) is 5.56 Å². The number of hydrogen-bond donors (Lipinski definition) is 1. The summed E-state index contributed by atoms with van der Waals surface area (Å²) in [7, 11) is 0. The van der Waals surface area contributed by atoms with Crippen LogP contribution in [-0.2, 0) is 0 Å². The first-order chi connectivity index (χ1) is 8.20. The van der Waals surface area contributed by atoms with Gasteiger partial charge >= 0.3 is 0 Å². The average Bonchev–Trinajstić information content (AvgIpc) is 2.80. The Kier molecular flexibility index (Phi) is 4.31. The Morgan fingerprint density at radius 3 is 2.71 bits per heavy atom. The molecule has 2 rings (SSSR count). The van der Waals surface area contributed by atoms with Crippen LogP contribution in [0.1, 0.15) is 25.6 Å². The SMILES string of the molecule is CCNC(C)c1csc(-c2ccc(Br)cc2)n1. The van der Waals surface area contributed by atoms with Crippen LogP contribution < -0.4 is 5.32 Å². The summed E-state index contributed by atoms with van der Waals surface area (Å²) in [6.45, 7) is 5.22. The Bertz CT molecular complexity index is 478. The molecule has 0 bridgehead atoms. The molecule has 1 aromatic heterocycles. The van der Waals surface area contributed by atoms with Gasteiger partial charge < -0.3 is 5.32 Å². The zero-order valence-electron chi connectivity index (χ0n) is 9.90. The van der Waals surface area contributed by atoms with Crippen molar-refractivity contribution >= 4 is 27.3 Å². The molecule has 17 heavy (non-hydrogen) atoms. The molecule has 2 nitrogen and oxygen atoms in total. The number of halogens is 1. The first kappa shape index (κ1) is 12.7. The molecular formula is C13H15BrN2S. The van der Waals surface area contributed by atoms with Crippen molar-refractivity contribution in [1.29, 1.82) is 0 Å². The van der Waals surface area contributed by atoms with Crippen LogP contribution in [0.3, 0.4) is 0 Å². The van der Waals surface area contributed by atoms with Crippen LogP contribution in [0.25, 0.3) is 10.6 Å². The lowest BCUT2D eigenvalue weighted by Crippen LogP contribution is -2.17. The van der Waals surface area contributed by atoms with Crippen molar-refractivity contribution in [2.24, 2.45) is 0 Å². The molecule has 0 amide bonds. The van der Waals surface area contributed by atoms with Crippen molar-refractivity contribution < 1.29 is 0 Å². The number of thiazole rings is 1. The Hall–Kier alpha value is -0.710. The Balaban J connectivity index is 2.20. The van der Waals surface area contributed by atoms with E-state index >= 15 is 0 Å². The number of nitrogens with zero attached hydrogens (tertiary/aromatic N) is 1. The maximum absolute atomic E-state index is 4.67. The van der Waals surface area contributed by atoms with Gasteiger partial charge in [-0.05, 0) is 25.6 Å². The standard InChI is InChI=1S/C13H15BrN2S/c1-3-15-9(2)12-8-17-13(16-12)10-4-6-11(14)7-5-10/h4-9,15H,3H2,1-2H3. The van der Waals surface area contributed by atoms with Crippen molar-refractivity contribution in [2.45, 2.75) is 19.9 Å². The molecule has 0 radical (unpaired) electrons. The molecule has 0 aliphatic heterocycles. The third kappa shape index (κ3) is 3.15. The van der Waals surface area contributed by atoms with Gasteiger partial charge in [0, 0.05) is 21.5 Å². The maximum Gasteiger partial charge on any atom is 0.123 e. The van der Waals surface area contributed by atoms with Gasteiger partial charge in [-0.2, -0.15) is 0 Å². The Morgan fingerprint density at radius 1 is 1.35 bits per heavy atom. The minimum Gasteiger partial charge on any atom is -0.309 e. The summed E-state index contributed by atoms with van der Waals surface area (Å²) in [5.74, 6) is 0.